The number of hydrogen-bond donors (Lipinski definition) is 0. The van der Waals surface area contributed by atoms with Crippen molar-refractivity contribution in [1.29, 1.82) is 0 Å². The van der Waals surface area contributed by atoms with E-state index in [1.807, 2.05) is 0 Å². The molecule has 0 saturated heterocycles. The number of para-hydroxylation sites is 3. The summed E-state index contributed by atoms with van der Waals surface area (Å²) in [6, 6.07) is 79.7. The molecule has 0 aromatic heterocycles. The minimum Gasteiger partial charge on any atom is -0.334 e. The van der Waals surface area contributed by atoms with Crippen LogP contribution in [0.25, 0.3) is 50.2 Å². The van der Waals surface area contributed by atoms with Crippen LogP contribution in [0.2, 0.25) is 0 Å². The lowest BCUT2D eigenvalue weighted by Gasteiger charge is -2.34. The molecule has 308 valence electrons. The van der Waals surface area contributed by atoms with Gasteiger partial charge >= 0.3 is 0 Å². The Labute approximate surface area is 378 Å². The Morgan fingerprint density at radius 3 is 1.77 bits per heavy atom. The van der Waals surface area contributed by atoms with Crippen LogP contribution in [0, 0.1) is 0 Å². The Morgan fingerprint density at radius 1 is 0.469 bits per heavy atom. The van der Waals surface area contributed by atoms with Crippen molar-refractivity contribution in [3.63, 3.8) is 0 Å². The Balaban J connectivity index is 0.982. The summed E-state index contributed by atoms with van der Waals surface area (Å²) in [4.78, 5) is 4.89. The molecule has 0 fully saturated rings. The van der Waals surface area contributed by atoms with Crippen LogP contribution in [0.1, 0.15) is 30.0 Å². The second-order valence-electron chi connectivity index (χ2n) is 16.4. The zero-order valence-electron chi connectivity index (χ0n) is 36.1. The van der Waals surface area contributed by atoms with Gasteiger partial charge in [0.1, 0.15) is 0 Å². The monoisotopic (exact) mass is 822 g/mol. The zero-order valence-corrected chi connectivity index (χ0v) is 36.1. The Bertz CT molecular complexity index is 3100. The summed E-state index contributed by atoms with van der Waals surface area (Å²) in [6.07, 6.45) is 15.0. The predicted molar refractivity (Wildman–Crippen MR) is 274 cm³/mol. The fraction of sp³-hybridized carbons (Fsp3) is 0.0645. The van der Waals surface area contributed by atoms with E-state index in [2.05, 4.69) is 272 Å². The van der Waals surface area contributed by atoms with Crippen molar-refractivity contribution in [2.75, 3.05) is 9.80 Å². The van der Waals surface area contributed by atoms with E-state index in [0.29, 0.717) is 0 Å². The zero-order chi connectivity index (χ0) is 43.1. The van der Waals surface area contributed by atoms with Gasteiger partial charge < -0.3 is 9.80 Å². The number of fused-ring (bicyclic) bond motifs is 1. The van der Waals surface area contributed by atoms with Gasteiger partial charge in [-0.25, -0.2) is 0 Å². The van der Waals surface area contributed by atoms with E-state index in [1.165, 1.54) is 66.7 Å². The molecule has 0 saturated carbocycles. The van der Waals surface area contributed by atoms with E-state index in [-0.39, 0.29) is 6.04 Å². The largest absolute Gasteiger partial charge is 0.334 e. The molecular formula is C62H50N2. The summed E-state index contributed by atoms with van der Waals surface area (Å²) in [7, 11) is 0. The summed E-state index contributed by atoms with van der Waals surface area (Å²) in [5, 5.41) is 2.52. The Hall–Kier alpha value is -7.94. The molecule has 9 aromatic rings. The molecule has 0 N–H and O–H groups in total. The highest BCUT2D eigenvalue weighted by atomic mass is 15.2. The van der Waals surface area contributed by atoms with Gasteiger partial charge in [0, 0.05) is 33.9 Å². The van der Waals surface area contributed by atoms with Crippen LogP contribution in [0.3, 0.4) is 0 Å². The SMILES string of the molecule is C/C=C\c1ccccc1Cc1ccc(N(c2ccccc2)c2ccccc2-c2ccc(-c3ccccc3N(c3ccc(-c4cccc5ccccc45)cc3)C3C=CC=CC3)cc2)cc1. The minimum absolute atomic E-state index is 0.174. The second-order valence-corrected chi connectivity index (χ2v) is 16.4. The molecule has 1 aliphatic rings. The maximum absolute atomic E-state index is 2.51. The molecule has 9 aromatic carbocycles. The van der Waals surface area contributed by atoms with E-state index in [9.17, 15) is 0 Å². The van der Waals surface area contributed by atoms with Crippen molar-refractivity contribution < 1.29 is 0 Å². The molecule has 0 spiro atoms. The van der Waals surface area contributed by atoms with Crippen molar-refractivity contribution in [1.82, 2.24) is 0 Å². The van der Waals surface area contributed by atoms with Gasteiger partial charge in [0.25, 0.3) is 0 Å². The maximum Gasteiger partial charge on any atom is 0.0560 e. The molecule has 2 heteroatoms. The molecule has 64 heavy (non-hydrogen) atoms. The molecular weight excluding hydrogens is 773 g/mol. The van der Waals surface area contributed by atoms with Crippen LogP contribution in [0.15, 0.2) is 249 Å². The van der Waals surface area contributed by atoms with Gasteiger partial charge in [-0.2, -0.15) is 0 Å². The van der Waals surface area contributed by atoms with E-state index in [1.54, 1.807) is 0 Å². The Morgan fingerprint density at radius 2 is 1.03 bits per heavy atom. The number of hydrogen-bond acceptors (Lipinski definition) is 2. The van der Waals surface area contributed by atoms with Crippen LogP contribution < -0.4 is 9.80 Å². The number of rotatable bonds is 12. The van der Waals surface area contributed by atoms with Gasteiger partial charge in [-0.15, -0.1) is 0 Å². The fourth-order valence-corrected chi connectivity index (χ4v) is 9.24. The summed E-state index contributed by atoms with van der Waals surface area (Å²) in [5.74, 6) is 0. The van der Waals surface area contributed by atoms with Crippen LogP contribution >= 0.6 is 0 Å². The Kier molecular flexibility index (Phi) is 11.7. The third-order valence-electron chi connectivity index (χ3n) is 12.4. The molecule has 0 amide bonds. The standard InChI is InChI=1S/C62H50N2/c1-2-18-47-19-9-10-21-52(47)45-46-33-41-55(42-34-46)63(53-23-5-3-6-24-53)61-31-15-13-28-59(61)50-35-37-51(38-36-50)60-29-14-16-32-62(60)64(54-25-7-4-8-26-54)56-43-39-49(40-44-56)58-30-17-22-48-20-11-12-27-57(48)58/h2-25,27-44,54H,26,45H2,1H3/b18-2-. The predicted octanol–water partition coefficient (Wildman–Crippen LogP) is 17.0. The van der Waals surface area contributed by atoms with Gasteiger partial charge in [-0.1, -0.05) is 206 Å². The molecule has 0 heterocycles. The summed E-state index contributed by atoms with van der Waals surface area (Å²) >= 11 is 0. The first kappa shape index (κ1) is 40.2. The van der Waals surface area contributed by atoms with E-state index >= 15 is 0 Å². The summed E-state index contributed by atoms with van der Waals surface area (Å²) in [5.41, 5.74) is 16.8. The average Bonchev–Trinajstić information content (AvgIpc) is 3.36. The molecule has 1 atom stereocenters. The van der Waals surface area contributed by atoms with Crippen molar-refractivity contribution in [2.24, 2.45) is 0 Å². The molecule has 1 unspecified atom stereocenters. The molecule has 1 aliphatic carbocycles. The smallest absolute Gasteiger partial charge is 0.0560 e. The van der Waals surface area contributed by atoms with Crippen molar-refractivity contribution >= 4 is 45.3 Å². The van der Waals surface area contributed by atoms with Crippen LogP contribution in [0.4, 0.5) is 28.4 Å². The van der Waals surface area contributed by atoms with Gasteiger partial charge in [0.15, 0.2) is 0 Å². The normalized spacial score (nSPS) is 13.4. The molecule has 10 rings (SSSR count). The number of anilines is 5. The van der Waals surface area contributed by atoms with Crippen molar-refractivity contribution in [2.45, 2.75) is 25.8 Å². The lowest BCUT2D eigenvalue weighted by molar-refractivity contribution is 0.786. The first-order valence-electron chi connectivity index (χ1n) is 22.4. The third kappa shape index (κ3) is 8.34. The van der Waals surface area contributed by atoms with Gasteiger partial charge in [-0.3, -0.25) is 0 Å². The quantitative estimate of drug-likeness (QED) is 0.121. The van der Waals surface area contributed by atoms with Crippen LogP contribution in [0.5, 0.6) is 0 Å². The van der Waals surface area contributed by atoms with E-state index < -0.39 is 0 Å². The van der Waals surface area contributed by atoms with E-state index in [0.717, 1.165) is 35.5 Å². The first-order valence-corrected chi connectivity index (χ1v) is 22.4. The molecule has 0 aliphatic heterocycles. The highest BCUT2D eigenvalue weighted by Gasteiger charge is 2.23. The number of allylic oxidation sites excluding steroid dienone is 3. The van der Waals surface area contributed by atoms with Gasteiger partial charge in [0.2, 0.25) is 0 Å². The number of nitrogens with zero attached hydrogens (tertiary/aromatic N) is 2. The maximum atomic E-state index is 2.51. The van der Waals surface area contributed by atoms with E-state index in [4.69, 9.17) is 0 Å². The first-order chi connectivity index (χ1) is 31.7. The highest BCUT2D eigenvalue weighted by molar-refractivity contribution is 5.97. The van der Waals surface area contributed by atoms with Crippen molar-refractivity contribution in [3.05, 3.63) is 265 Å². The molecule has 2 nitrogen and oxygen atoms in total. The minimum atomic E-state index is 0.174. The lowest BCUT2D eigenvalue weighted by Crippen LogP contribution is -2.30. The third-order valence-corrected chi connectivity index (χ3v) is 12.4. The van der Waals surface area contributed by atoms with Crippen LogP contribution in [-0.2, 0) is 6.42 Å². The summed E-state index contributed by atoms with van der Waals surface area (Å²) in [6.45, 7) is 2.07. The fourth-order valence-electron chi connectivity index (χ4n) is 9.24. The second kappa shape index (κ2) is 18.6. The van der Waals surface area contributed by atoms with Crippen LogP contribution in [-0.4, -0.2) is 6.04 Å². The summed E-state index contributed by atoms with van der Waals surface area (Å²) < 4.78 is 0. The molecule has 0 radical (unpaired) electrons. The molecule has 0 bridgehead atoms. The topological polar surface area (TPSA) is 6.48 Å². The number of benzene rings is 9. The average molecular weight is 823 g/mol. The van der Waals surface area contributed by atoms with Gasteiger partial charge in [-0.05, 0) is 118 Å². The van der Waals surface area contributed by atoms with Gasteiger partial charge in [0.05, 0.1) is 11.7 Å². The highest BCUT2D eigenvalue weighted by Crippen LogP contribution is 2.43. The lowest BCUT2D eigenvalue weighted by atomic mass is 9.95. The van der Waals surface area contributed by atoms with Crippen molar-refractivity contribution in [3.8, 4) is 33.4 Å².